The van der Waals surface area contributed by atoms with Crippen molar-refractivity contribution >= 4 is 28.3 Å². The van der Waals surface area contributed by atoms with Gasteiger partial charge in [-0.1, -0.05) is 0 Å². The van der Waals surface area contributed by atoms with Gasteiger partial charge in [0.1, 0.15) is 5.69 Å². The molecule has 0 aromatic carbocycles. The van der Waals surface area contributed by atoms with Gasteiger partial charge < -0.3 is 10.2 Å². The highest BCUT2D eigenvalue weighted by atomic mass is 32.1. The van der Waals surface area contributed by atoms with E-state index in [0.29, 0.717) is 29.8 Å². The first kappa shape index (κ1) is 19.1. The van der Waals surface area contributed by atoms with Crippen LogP contribution >= 0.6 is 11.3 Å². The molecule has 2 aromatic heterocycles. The van der Waals surface area contributed by atoms with Crippen LogP contribution in [0.5, 0.6) is 0 Å². The van der Waals surface area contributed by atoms with E-state index in [4.69, 9.17) is 5.10 Å². The quantitative estimate of drug-likeness (QED) is 0.851. The molecular weight excluding hydrogens is 374 g/mol. The fourth-order valence-corrected chi connectivity index (χ4v) is 4.20. The summed E-state index contributed by atoms with van der Waals surface area (Å²) in [7, 11) is 0. The van der Waals surface area contributed by atoms with Crippen LogP contribution in [0.25, 0.3) is 0 Å². The molecule has 1 saturated heterocycles. The third-order valence-electron chi connectivity index (χ3n) is 5.32. The highest BCUT2D eigenvalue weighted by Crippen LogP contribution is 2.40. The lowest BCUT2D eigenvalue weighted by Crippen LogP contribution is -2.45. The van der Waals surface area contributed by atoms with Gasteiger partial charge in [-0.05, 0) is 52.5 Å². The molecule has 150 valence electrons. The Labute approximate surface area is 169 Å². The highest BCUT2D eigenvalue weighted by molar-refractivity contribution is 7.13. The number of hydrogen-bond donors (Lipinski definition) is 1. The van der Waals surface area contributed by atoms with Gasteiger partial charge in [0.05, 0.1) is 17.2 Å². The standard InChI is InChI=1S/C20H27N5O2S/c1-20(2,3)25-16(11-15(23-25)13-6-7-13)18(27)24-9-4-5-14(12-24)17(26)22-19-21-8-10-28-19/h8,10-11,13-14H,4-7,9,12H2,1-3H3,(H,21,22,26). The number of piperidine rings is 1. The Hall–Kier alpha value is -2.22. The molecule has 1 atom stereocenters. The molecule has 28 heavy (non-hydrogen) atoms. The molecule has 8 heteroatoms. The monoisotopic (exact) mass is 401 g/mol. The Bertz CT molecular complexity index is 864. The number of aromatic nitrogens is 3. The van der Waals surface area contributed by atoms with Crippen molar-refractivity contribution < 1.29 is 9.59 Å². The number of nitrogens with one attached hydrogen (secondary N) is 1. The summed E-state index contributed by atoms with van der Waals surface area (Å²) >= 11 is 1.40. The molecule has 7 nitrogen and oxygen atoms in total. The van der Waals surface area contributed by atoms with Gasteiger partial charge in [0.15, 0.2) is 5.13 Å². The zero-order valence-electron chi connectivity index (χ0n) is 16.6. The molecular formula is C20H27N5O2S. The van der Waals surface area contributed by atoms with E-state index in [-0.39, 0.29) is 23.3 Å². The van der Waals surface area contributed by atoms with Gasteiger partial charge in [-0.3, -0.25) is 14.3 Å². The van der Waals surface area contributed by atoms with Gasteiger partial charge in [-0.15, -0.1) is 11.3 Å². The van der Waals surface area contributed by atoms with E-state index < -0.39 is 0 Å². The summed E-state index contributed by atoms with van der Waals surface area (Å²) < 4.78 is 1.86. The largest absolute Gasteiger partial charge is 0.337 e. The third kappa shape index (κ3) is 3.97. The van der Waals surface area contributed by atoms with E-state index in [2.05, 4.69) is 31.1 Å². The van der Waals surface area contributed by atoms with Crippen LogP contribution in [0.15, 0.2) is 17.6 Å². The summed E-state index contributed by atoms with van der Waals surface area (Å²) in [5.41, 5.74) is 1.39. The lowest BCUT2D eigenvalue weighted by atomic mass is 9.97. The second-order valence-corrected chi connectivity index (χ2v) is 9.62. The van der Waals surface area contributed by atoms with Gasteiger partial charge >= 0.3 is 0 Å². The van der Waals surface area contributed by atoms with Gasteiger partial charge in [0.2, 0.25) is 5.91 Å². The van der Waals surface area contributed by atoms with E-state index in [1.54, 1.807) is 6.20 Å². The number of anilines is 1. The number of carbonyl (C=O) groups excluding carboxylic acids is 2. The van der Waals surface area contributed by atoms with Crippen LogP contribution in [0.2, 0.25) is 0 Å². The minimum Gasteiger partial charge on any atom is -0.337 e. The summed E-state index contributed by atoms with van der Waals surface area (Å²) in [6.07, 6.45) is 5.57. The molecule has 0 bridgehead atoms. The second-order valence-electron chi connectivity index (χ2n) is 8.73. The molecule has 2 aliphatic rings. The molecule has 4 rings (SSSR count). The summed E-state index contributed by atoms with van der Waals surface area (Å²) in [4.78, 5) is 31.9. The van der Waals surface area contributed by atoms with Gasteiger partial charge in [-0.2, -0.15) is 5.10 Å². The number of carbonyl (C=O) groups is 2. The van der Waals surface area contributed by atoms with Crippen molar-refractivity contribution in [2.75, 3.05) is 18.4 Å². The lowest BCUT2D eigenvalue weighted by Gasteiger charge is -2.33. The zero-order chi connectivity index (χ0) is 19.9. The van der Waals surface area contributed by atoms with Crippen LogP contribution in [-0.4, -0.2) is 44.6 Å². The summed E-state index contributed by atoms with van der Waals surface area (Å²) in [5.74, 6) is 0.195. The molecule has 0 spiro atoms. The van der Waals surface area contributed by atoms with Crippen molar-refractivity contribution in [3.63, 3.8) is 0 Å². The van der Waals surface area contributed by atoms with E-state index in [9.17, 15) is 9.59 Å². The molecule has 1 aliphatic carbocycles. The Morgan fingerprint density at radius 2 is 2.04 bits per heavy atom. The van der Waals surface area contributed by atoms with Crippen LogP contribution in [0.4, 0.5) is 5.13 Å². The summed E-state index contributed by atoms with van der Waals surface area (Å²) in [6, 6.07) is 1.96. The molecule has 3 heterocycles. The molecule has 2 aromatic rings. The number of rotatable bonds is 4. The predicted octanol–water partition coefficient (Wildman–Crippen LogP) is 3.46. The number of nitrogens with zero attached hydrogens (tertiary/aromatic N) is 4. The predicted molar refractivity (Wildman–Crippen MR) is 109 cm³/mol. The van der Waals surface area contributed by atoms with E-state index >= 15 is 0 Å². The zero-order valence-corrected chi connectivity index (χ0v) is 17.5. The van der Waals surface area contributed by atoms with Gasteiger partial charge in [0.25, 0.3) is 5.91 Å². The van der Waals surface area contributed by atoms with Crippen molar-refractivity contribution in [1.82, 2.24) is 19.7 Å². The molecule has 1 unspecified atom stereocenters. The maximum absolute atomic E-state index is 13.3. The minimum absolute atomic E-state index is 0.0268. The Morgan fingerprint density at radius 1 is 1.25 bits per heavy atom. The number of thiazole rings is 1. The highest BCUT2D eigenvalue weighted by Gasteiger charge is 2.35. The average molecular weight is 402 g/mol. The maximum atomic E-state index is 13.3. The first-order valence-corrected chi connectivity index (χ1v) is 10.8. The Morgan fingerprint density at radius 3 is 2.68 bits per heavy atom. The van der Waals surface area contributed by atoms with Crippen molar-refractivity contribution in [1.29, 1.82) is 0 Å². The lowest BCUT2D eigenvalue weighted by molar-refractivity contribution is -0.121. The SMILES string of the molecule is CC(C)(C)n1nc(C2CC2)cc1C(=O)N1CCCC(C(=O)Nc2nccs2)C1. The van der Waals surface area contributed by atoms with Crippen LogP contribution in [0.1, 0.15) is 68.6 Å². The summed E-state index contributed by atoms with van der Waals surface area (Å²) in [6.45, 7) is 7.30. The fraction of sp³-hybridized carbons (Fsp3) is 0.600. The molecule has 2 fully saturated rings. The molecule has 1 saturated carbocycles. The smallest absolute Gasteiger partial charge is 0.272 e. The van der Waals surface area contributed by atoms with E-state index in [1.165, 1.54) is 11.3 Å². The topological polar surface area (TPSA) is 80.1 Å². The number of hydrogen-bond acceptors (Lipinski definition) is 5. The third-order valence-corrected chi connectivity index (χ3v) is 6.01. The van der Waals surface area contributed by atoms with Crippen molar-refractivity contribution in [3.8, 4) is 0 Å². The molecule has 1 aliphatic heterocycles. The van der Waals surface area contributed by atoms with Crippen molar-refractivity contribution in [2.45, 2.75) is 57.9 Å². The van der Waals surface area contributed by atoms with Crippen LogP contribution in [-0.2, 0) is 10.3 Å². The Kier molecular flexibility index (Phi) is 4.99. The maximum Gasteiger partial charge on any atom is 0.272 e. The van der Waals surface area contributed by atoms with Crippen LogP contribution in [0, 0.1) is 5.92 Å². The van der Waals surface area contributed by atoms with Gasteiger partial charge in [-0.25, -0.2) is 4.98 Å². The van der Waals surface area contributed by atoms with Crippen LogP contribution in [0.3, 0.4) is 0 Å². The number of likely N-dealkylation sites (tertiary alicyclic amines) is 1. The Balaban J connectivity index is 1.50. The normalized spacial score (nSPS) is 20.2. The minimum atomic E-state index is -0.268. The first-order chi connectivity index (χ1) is 13.3. The van der Waals surface area contributed by atoms with Crippen LogP contribution < -0.4 is 5.32 Å². The van der Waals surface area contributed by atoms with Crippen molar-refractivity contribution in [2.24, 2.45) is 5.92 Å². The average Bonchev–Trinajstić information content (AvgIpc) is 3.19. The number of amides is 2. The summed E-state index contributed by atoms with van der Waals surface area (Å²) in [5, 5.41) is 10.0. The van der Waals surface area contributed by atoms with Gasteiger partial charge in [0, 0.05) is 30.6 Å². The first-order valence-electron chi connectivity index (χ1n) is 9.93. The van der Waals surface area contributed by atoms with E-state index in [1.807, 2.05) is 21.0 Å². The molecule has 0 radical (unpaired) electrons. The second kappa shape index (κ2) is 7.31. The van der Waals surface area contributed by atoms with E-state index in [0.717, 1.165) is 31.4 Å². The molecule has 1 N–H and O–H groups in total. The van der Waals surface area contributed by atoms with Crippen molar-refractivity contribution in [3.05, 3.63) is 29.0 Å². The fourth-order valence-electron chi connectivity index (χ4n) is 3.67. The molecule has 2 amide bonds.